The summed E-state index contributed by atoms with van der Waals surface area (Å²) >= 11 is 0. The lowest BCUT2D eigenvalue weighted by Crippen LogP contribution is -2.23. The van der Waals surface area contributed by atoms with Crippen LogP contribution < -0.4 is 15.5 Å². The number of nitrogens with zero attached hydrogens (tertiary/aromatic N) is 6. The van der Waals surface area contributed by atoms with Crippen molar-refractivity contribution in [2.24, 2.45) is 0 Å². The first-order valence-electron chi connectivity index (χ1n) is 10.6. The summed E-state index contributed by atoms with van der Waals surface area (Å²) in [5.41, 5.74) is 1.50. The molecule has 1 saturated heterocycles. The van der Waals surface area contributed by atoms with E-state index in [-0.39, 0.29) is 23.6 Å². The van der Waals surface area contributed by atoms with Crippen LogP contribution in [0.3, 0.4) is 0 Å². The molecule has 1 amide bonds. The summed E-state index contributed by atoms with van der Waals surface area (Å²) in [5, 5.41) is 14.3. The lowest BCUT2D eigenvalue weighted by molar-refractivity contribution is -0.114. The summed E-state index contributed by atoms with van der Waals surface area (Å²) in [6.45, 7) is 3.65. The zero-order valence-corrected chi connectivity index (χ0v) is 18.9. The Labute approximate surface area is 194 Å². The maximum absolute atomic E-state index is 13.7. The van der Waals surface area contributed by atoms with E-state index < -0.39 is 11.7 Å². The van der Waals surface area contributed by atoms with E-state index in [1.807, 2.05) is 6.07 Å². The number of anilines is 4. The SMILES string of the molecule is COC1CCN(c2ccc(-c3cnc(NC(C)=O)cc3Nc3ccnc(C(C)(F)F)n3)nn2)C1. The minimum Gasteiger partial charge on any atom is -0.380 e. The maximum Gasteiger partial charge on any atom is 0.303 e. The van der Waals surface area contributed by atoms with Crippen molar-refractivity contribution in [3.8, 4) is 11.3 Å². The highest BCUT2D eigenvalue weighted by Gasteiger charge is 2.28. The van der Waals surface area contributed by atoms with Gasteiger partial charge in [0.2, 0.25) is 11.7 Å². The fourth-order valence-electron chi connectivity index (χ4n) is 3.56. The standard InChI is InChI=1S/C22H24F2N8O2/c1-13(33)27-19-10-17(28-18-6-8-25-21(29-18)22(2,23)24)15(11-26-19)16-4-5-20(31-30-16)32-9-7-14(12-32)34-3/h4-6,8,10-11,14H,7,9,12H2,1-3H3,(H2,25,26,27,28,29,33). The maximum atomic E-state index is 13.7. The van der Waals surface area contributed by atoms with E-state index in [9.17, 15) is 13.6 Å². The summed E-state index contributed by atoms with van der Waals surface area (Å²) in [5.74, 6) is -2.95. The molecule has 1 aliphatic heterocycles. The Morgan fingerprint density at radius 3 is 2.68 bits per heavy atom. The van der Waals surface area contributed by atoms with Crippen LogP contribution in [0.2, 0.25) is 0 Å². The average Bonchev–Trinajstić information content (AvgIpc) is 3.28. The van der Waals surface area contributed by atoms with E-state index in [4.69, 9.17) is 4.74 Å². The Bertz CT molecular complexity index is 1170. The number of hydrogen-bond acceptors (Lipinski definition) is 9. The van der Waals surface area contributed by atoms with E-state index in [1.54, 1.807) is 19.2 Å². The van der Waals surface area contributed by atoms with Gasteiger partial charge in [-0.1, -0.05) is 0 Å². The molecule has 0 radical (unpaired) electrons. The molecule has 0 aromatic carbocycles. The molecule has 3 aromatic heterocycles. The van der Waals surface area contributed by atoms with Gasteiger partial charge in [-0.15, -0.1) is 10.2 Å². The number of methoxy groups -OCH3 is 1. The fraction of sp³-hybridized carbons (Fsp3) is 0.364. The van der Waals surface area contributed by atoms with Gasteiger partial charge in [-0.2, -0.15) is 8.78 Å². The number of alkyl halides is 2. The number of amides is 1. The molecule has 178 valence electrons. The molecule has 34 heavy (non-hydrogen) atoms. The van der Waals surface area contributed by atoms with Crippen LogP contribution in [-0.4, -0.2) is 57.4 Å². The van der Waals surface area contributed by atoms with Crippen LogP contribution in [0.5, 0.6) is 0 Å². The molecule has 0 spiro atoms. The molecule has 1 aliphatic rings. The fourth-order valence-corrected chi connectivity index (χ4v) is 3.56. The molecule has 0 bridgehead atoms. The lowest BCUT2D eigenvalue weighted by Gasteiger charge is -2.17. The number of carbonyl (C=O) groups is 1. The summed E-state index contributed by atoms with van der Waals surface area (Å²) < 4.78 is 32.8. The first kappa shape index (κ1) is 23.4. The van der Waals surface area contributed by atoms with Crippen molar-refractivity contribution in [1.29, 1.82) is 0 Å². The van der Waals surface area contributed by atoms with Crippen LogP contribution in [0, 0.1) is 0 Å². The molecule has 2 N–H and O–H groups in total. The summed E-state index contributed by atoms with van der Waals surface area (Å²) in [4.78, 5) is 25.4. The van der Waals surface area contributed by atoms with Crippen molar-refractivity contribution in [3.63, 3.8) is 0 Å². The number of rotatable bonds is 7. The topological polar surface area (TPSA) is 118 Å². The normalized spacial score (nSPS) is 15.9. The van der Waals surface area contributed by atoms with Gasteiger partial charge in [0, 0.05) is 58.1 Å². The van der Waals surface area contributed by atoms with Crippen LogP contribution in [0.15, 0.2) is 36.7 Å². The predicted octanol–water partition coefficient (Wildman–Crippen LogP) is 3.37. The van der Waals surface area contributed by atoms with Gasteiger partial charge in [-0.25, -0.2) is 15.0 Å². The molecule has 1 unspecified atom stereocenters. The van der Waals surface area contributed by atoms with Gasteiger partial charge in [-0.05, 0) is 24.6 Å². The average molecular weight is 470 g/mol. The largest absolute Gasteiger partial charge is 0.380 e. The number of hydrogen-bond donors (Lipinski definition) is 2. The molecule has 12 heteroatoms. The number of aromatic nitrogens is 5. The molecule has 1 atom stereocenters. The van der Waals surface area contributed by atoms with Gasteiger partial charge in [-0.3, -0.25) is 4.79 Å². The first-order valence-corrected chi connectivity index (χ1v) is 10.6. The van der Waals surface area contributed by atoms with Gasteiger partial charge in [0.15, 0.2) is 5.82 Å². The second kappa shape index (κ2) is 9.59. The third kappa shape index (κ3) is 5.39. The van der Waals surface area contributed by atoms with Crippen molar-refractivity contribution in [2.75, 3.05) is 35.7 Å². The van der Waals surface area contributed by atoms with Crippen molar-refractivity contribution in [1.82, 2.24) is 25.1 Å². The van der Waals surface area contributed by atoms with Gasteiger partial charge in [0.05, 0.1) is 17.5 Å². The molecule has 0 aliphatic carbocycles. The number of halogens is 2. The molecule has 10 nitrogen and oxygen atoms in total. The number of carbonyl (C=O) groups excluding carboxylic acids is 1. The highest BCUT2D eigenvalue weighted by molar-refractivity contribution is 5.89. The summed E-state index contributed by atoms with van der Waals surface area (Å²) in [6.07, 6.45) is 3.84. The predicted molar refractivity (Wildman–Crippen MR) is 122 cm³/mol. The zero-order valence-electron chi connectivity index (χ0n) is 18.9. The third-order valence-electron chi connectivity index (χ3n) is 5.25. The molecule has 4 heterocycles. The third-order valence-corrected chi connectivity index (χ3v) is 5.25. The monoisotopic (exact) mass is 470 g/mol. The lowest BCUT2D eigenvalue weighted by atomic mass is 10.1. The second-order valence-corrected chi connectivity index (χ2v) is 7.94. The number of ether oxygens (including phenoxy) is 1. The molecular formula is C22H24F2N8O2. The first-order chi connectivity index (χ1) is 16.2. The molecular weight excluding hydrogens is 446 g/mol. The second-order valence-electron chi connectivity index (χ2n) is 7.94. The van der Waals surface area contributed by atoms with E-state index >= 15 is 0 Å². The Morgan fingerprint density at radius 2 is 2.03 bits per heavy atom. The summed E-state index contributed by atoms with van der Waals surface area (Å²) in [6, 6.07) is 6.69. The van der Waals surface area contributed by atoms with Gasteiger partial charge < -0.3 is 20.3 Å². The van der Waals surface area contributed by atoms with Crippen molar-refractivity contribution >= 4 is 29.0 Å². The molecule has 3 aromatic rings. The highest BCUT2D eigenvalue weighted by atomic mass is 19.3. The Balaban J connectivity index is 1.65. The van der Waals surface area contributed by atoms with Gasteiger partial charge >= 0.3 is 5.92 Å². The number of nitrogens with one attached hydrogen (secondary N) is 2. The van der Waals surface area contributed by atoms with Crippen LogP contribution >= 0.6 is 0 Å². The van der Waals surface area contributed by atoms with E-state index in [1.165, 1.54) is 25.4 Å². The van der Waals surface area contributed by atoms with Crippen molar-refractivity contribution in [3.05, 3.63) is 42.5 Å². The van der Waals surface area contributed by atoms with Crippen molar-refractivity contribution < 1.29 is 18.3 Å². The van der Waals surface area contributed by atoms with Gasteiger partial charge in [0.25, 0.3) is 0 Å². The quantitative estimate of drug-likeness (QED) is 0.536. The van der Waals surface area contributed by atoms with E-state index in [0.717, 1.165) is 32.3 Å². The Morgan fingerprint density at radius 1 is 1.21 bits per heavy atom. The zero-order chi connectivity index (χ0) is 24.3. The van der Waals surface area contributed by atoms with Crippen LogP contribution in [-0.2, 0) is 15.5 Å². The smallest absolute Gasteiger partial charge is 0.303 e. The molecule has 4 rings (SSSR count). The van der Waals surface area contributed by atoms with Gasteiger partial charge in [0.1, 0.15) is 11.6 Å². The van der Waals surface area contributed by atoms with E-state index in [2.05, 4.69) is 40.7 Å². The van der Waals surface area contributed by atoms with Crippen molar-refractivity contribution in [2.45, 2.75) is 32.3 Å². The van der Waals surface area contributed by atoms with E-state index in [0.29, 0.717) is 16.9 Å². The van der Waals surface area contributed by atoms with Crippen LogP contribution in [0.4, 0.5) is 31.9 Å². The minimum atomic E-state index is -3.20. The highest BCUT2D eigenvalue weighted by Crippen LogP contribution is 2.32. The van der Waals surface area contributed by atoms with Crippen LogP contribution in [0.1, 0.15) is 26.1 Å². The molecule has 1 fully saturated rings. The number of pyridine rings is 1. The Kier molecular flexibility index (Phi) is 6.59. The molecule has 0 saturated carbocycles. The Hall–Kier alpha value is -3.80. The minimum absolute atomic E-state index is 0.153. The summed E-state index contributed by atoms with van der Waals surface area (Å²) in [7, 11) is 1.69. The van der Waals surface area contributed by atoms with Crippen LogP contribution in [0.25, 0.3) is 11.3 Å².